The lowest BCUT2D eigenvalue weighted by molar-refractivity contribution is 0.0726. The maximum atomic E-state index is 13.7. The SMILES string of the molecule is CCCCCCCCCCCCCCCCCCCCCCOP(=O)(CO[C@H](C)Cn1cnc2c(N)ncnc21)Oc1ccccc1. The molecular formula is C37H62N5O4P. The third-order valence-corrected chi connectivity index (χ3v) is 10.2. The Hall–Kier alpha value is -2.48. The molecule has 0 aliphatic rings. The van der Waals surface area contributed by atoms with Crippen LogP contribution in [0.15, 0.2) is 43.0 Å². The number of hydrogen-bond acceptors (Lipinski definition) is 8. The predicted octanol–water partition coefficient (Wildman–Crippen LogP) is 10.9. The smallest absolute Gasteiger partial charge is 0.404 e. The molecule has 0 saturated heterocycles. The van der Waals surface area contributed by atoms with Crippen LogP contribution >= 0.6 is 7.60 Å². The average Bonchev–Trinajstić information content (AvgIpc) is 3.48. The fraction of sp³-hybridized carbons (Fsp3) is 0.703. The second kappa shape index (κ2) is 23.8. The van der Waals surface area contributed by atoms with E-state index in [9.17, 15) is 4.57 Å². The van der Waals surface area contributed by atoms with Gasteiger partial charge in [0.15, 0.2) is 17.8 Å². The molecule has 2 N–H and O–H groups in total. The molecule has 0 spiro atoms. The normalized spacial score (nSPS) is 13.6. The van der Waals surface area contributed by atoms with E-state index in [4.69, 9.17) is 19.5 Å². The molecule has 3 rings (SSSR count). The lowest BCUT2D eigenvalue weighted by Gasteiger charge is -2.22. The van der Waals surface area contributed by atoms with Gasteiger partial charge in [-0.2, -0.15) is 0 Å². The third-order valence-electron chi connectivity index (χ3n) is 8.67. The van der Waals surface area contributed by atoms with E-state index >= 15 is 0 Å². The third kappa shape index (κ3) is 16.5. The van der Waals surface area contributed by atoms with Gasteiger partial charge in [0.25, 0.3) is 0 Å². The molecule has 9 nitrogen and oxygen atoms in total. The number of fused-ring (bicyclic) bond motifs is 1. The summed E-state index contributed by atoms with van der Waals surface area (Å²) in [6, 6.07) is 9.14. The van der Waals surface area contributed by atoms with Gasteiger partial charge in [-0.1, -0.05) is 147 Å². The van der Waals surface area contributed by atoms with E-state index in [2.05, 4.69) is 21.9 Å². The molecule has 0 bridgehead atoms. The van der Waals surface area contributed by atoms with Crippen LogP contribution in [0.4, 0.5) is 5.82 Å². The largest absolute Gasteiger partial charge is 0.423 e. The quantitative estimate of drug-likeness (QED) is 0.0573. The summed E-state index contributed by atoms with van der Waals surface area (Å²) >= 11 is 0. The molecule has 0 amide bonds. The molecule has 10 heteroatoms. The lowest BCUT2D eigenvalue weighted by atomic mass is 10.0. The summed E-state index contributed by atoms with van der Waals surface area (Å²) in [6.07, 6.45) is 29.3. The van der Waals surface area contributed by atoms with Crippen LogP contribution in [-0.2, 0) is 20.4 Å². The Balaban J connectivity index is 1.22. The first-order valence-electron chi connectivity index (χ1n) is 18.5. The van der Waals surface area contributed by atoms with Crippen LogP contribution < -0.4 is 10.3 Å². The van der Waals surface area contributed by atoms with E-state index in [1.807, 2.05) is 29.7 Å². The summed E-state index contributed by atoms with van der Waals surface area (Å²) in [5.41, 5.74) is 7.09. The van der Waals surface area contributed by atoms with Gasteiger partial charge in [-0.3, -0.25) is 4.52 Å². The minimum atomic E-state index is -3.53. The molecule has 0 saturated carbocycles. The number of nitrogens with zero attached hydrogens (tertiary/aromatic N) is 4. The molecule has 0 radical (unpaired) electrons. The number of aromatic nitrogens is 4. The van der Waals surface area contributed by atoms with Crippen molar-refractivity contribution in [2.45, 2.75) is 155 Å². The highest BCUT2D eigenvalue weighted by molar-refractivity contribution is 7.54. The van der Waals surface area contributed by atoms with E-state index in [1.165, 1.54) is 122 Å². The van der Waals surface area contributed by atoms with E-state index in [1.54, 1.807) is 18.5 Å². The number of unbranched alkanes of at least 4 members (excludes halogenated alkanes) is 19. The van der Waals surface area contributed by atoms with Gasteiger partial charge in [0.05, 0.1) is 25.6 Å². The average molecular weight is 672 g/mol. The zero-order valence-corrected chi connectivity index (χ0v) is 30.2. The van der Waals surface area contributed by atoms with Crippen molar-refractivity contribution in [3.05, 3.63) is 43.0 Å². The number of imidazole rings is 1. The molecule has 2 atom stereocenters. The maximum Gasteiger partial charge on any atom is 0.404 e. The highest BCUT2D eigenvalue weighted by atomic mass is 31.2. The maximum absolute atomic E-state index is 13.7. The molecule has 264 valence electrons. The van der Waals surface area contributed by atoms with Crippen LogP contribution in [0.5, 0.6) is 5.75 Å². The number of nitrogen functional groups attached to an aromatic ring is 1. The number of rotatable bonds is 29. The fourth-order valence-electron chi connectivity index (χ4n) is 5.87. The van der Waals surface area contributed by atoms with Gasteiger partial charge in [0.2, 0.25) is 0 Å². The number of anilines is 1. The first-order chi connectivity index (χ1) is 23.0. The van der Waals surface area contributed by atoms with Gasteiger partial charge in [-0.05, 0) is 25.5 Å². The van der Waals surface area contributed by atoms with Crippen molar-refractivity contribution in [1.29, 1.82) is 0 Å². The first kappa shape index (κ1) is 39.0. The van der Waals surface area contributed by atoms with E-state index in [-0.39, 0.29) is 12.5 Å². The molecule has 0 fully saturated rings. The molecule has 2 heterocycles. The van der Waals surface area contributed by atoms with Crippen molar-refractivity contribution >= 4 is 24.6 Å². The van der Waals surface area contributed by atoms with Crippen molar-refractivity contribution in [2.75, 3.05) is 18.7 Å². The summed E-state index contributed by atoms with van der Waals surface area (Å²) < 4.78 is 33.3. The molecular weight excluding hydrogens is 609 g/mol. The van der Waals surface area contributed by atoms with Gasteiger partial charge in [-0.25, -0.2) is 19.5 Å². The summed E-state index contributed by atoms with van der Waals surface area (Å²) in [6.45, 7) is 5.02. The van der Waals surface area contributed by atoms with Crippen LogP contribution in [-0.4, -0.2) is 38.6 Å². The Morgan fingerprint density at radius 1 is 0.745 bits per heavy atom. The topological polar surface area (TPSA) is 114 Å². The minimum Gasteiger partial charge on any atom is -0.423 e. The van der Waals surface area contributed by atoms with Crippen molar-refractivity contribution in [2.24, 2.45) is 0 Å². The van der Waals surface area contributed by atoms with E-state index in [0.29, 0.717) is 35.9 Å². The zero-order valence-electron chi connectivity index (χ0n) is 29.3. The Morgan fingerprint density at radius 2 is 1.28 bits per heavy atom. The Morgan fingerprint density at radius 3 is 1.83 bits per heavy atom. The summed E-state index contributed by atoms with van der Waals surface area (Å²) in [7, 11) is -3.53. The van der Waals surface area contributed by atoms with E-state index in [0.717, 1.165) is 12.8 Å². The molecule has 47 heavy (non-hydrogen) atoms. The summed E-state index contributed by atoms with van der Waals surface area (Å²) in [4.78, 5) is 12.6. The van der Waals surface area contributed by atoms with E-state index < -0.39 is 7.60 Å². The van der Waals surface area contributed by atoms with Crippen LogP contribution in [0.25, 0.3) is 11.2 Å². The van der Waals surface area contributed by atoms with Crippen LogP contribution in [0.2, 0.25) is 0 Å². The minimum absolute atomic E-state index is 0.147. The second-order valence-electron chi connectivity index (χ2n) is 13.0. The number of para-hydroxylation sites is 1. The predicted molar refractivity (Wildman–Crippen MR) is 194 cm³/mol. The van der Waals surface area contributed by atoms with Crippen LogP contribution in [0, 0.1) is 0 Å². The van der Waals surface area contributed by atoms with Crippen LogP contribution in [0.3, 0.4) is 0 Å². The molecule has 2 aromatic heterocycles. The number of ether oxygens (including phenoxy) is 1. The van der Waals surface area contributed by atoms with Gasteiger partial charge < -0.3 is 19.6 Å². The number of nitrogens with two attached hydrogens (primary N) is 1. The standard InChI is InChI=1S/C37H62N5O4P/c1-3-4-5-6-7-8-9-10-11-12-13-14-15-16-17-18-19-20-21-25-28-45-47(43,46-34-26-23-22-24-27-34)32-44-33(2)29-42-31-41-35-36(38)39-30-40-37(35)42/h22-24,26-27,30-31,33H,3-21,25,28-29,32H2,1-2H3,(H2,38,39,40)/t33-,47?/m1/s1. The highest BCUT2D eigenvalue weighted by Crippen LogP contribution is 2.48. The summed E-state index contributed by atoms with van der Waals surface area (Å²) in [5.74, 6) is 0.838. The van der Waals surface area contributed by atoms with Crippen LogP contribution in [0.1, 0.15) is 142 Å². The van der Waals surface area contributed by atoms with Gasteiger partial charge in [-0.15, -0.1) is 0 Å². The molecule has 3 aromatic rings. The van der Waals surface area contributed by atoms with Gasteiger partial charge in [0, 0.05) is 0 Å². The summed E-state index contributed by atoms with van der Waals surface area (Å²) in [5, 5.41) is 0. The molecule has 0 aliphatic carbocycles. The van der Waals surface area contributed by atoms with Crippen molar-refractivity contribution < 1.29 is 18.3 Å². The molecule has 1 unspecified atom stereocenters. The zero-order chi connectivity index (χ0) is 33.4. The van der Waals surface area contributed by atoms with Gasteiger partial charge in [0.1, 0.15) is 17.6 Å². The Labute approximate surface area is 284 Å². The number of hydrogen-bond donors (Lipinski definition) is 1. The highest BCUT2D eigenvalue weighted by Gasteiger charge is 2.28. The monoisotopic (exact) mass is 671 g/mol. The second-order valence-corrected chi connectivity index (χ2v) is 14.9. The Bertz CT molecular complexity index is 1260. The van der Waals surface area contributed by atoms with Crippen molar-refractivity contribution in [3.63, 3.8) is 0 Å². The number of benzene rings is 1. The van der Waals surface area contributed by atoms with Crippen molar-refractivity contribution in [1.82, 2.24) is 19.5 Å². The van der Waals surface area contributed by atoms with Crippen molar-refractivity contribution in [3.8, 4) is 5.75 Å². The molecule has 1 aromatic carbocycles. The lowest BCUT2D eigenvalue weighted by Crippen LogP contribution is -2.19. The fourth-order valence-corrected chi connectivity index (χ4v) is 7.34. The first-order valence-corrected chi connectivity index (χ1v) is 20.2. The Kier molecular flexibility index (Phi) is 19.7. The van der Waals surface area contributed by atoms with Gasteiger partial charge >= 0.3 is 7.60 Å². The molecule has 0 aliphatic heterocycles.